The highest BCUT2D eigenvalue weighted by Crippen LogP contribution is 2.35. The topological polar surface area (TPSA) is 35.2 Å². The Kier molecular flexibility index (Phi) is 4.55. The van der Waals surface area contributed by atoms with Crippen molar-refractivity contribution in [1.29, 1.82) is 0 Å². The van der Waals surface area contributed by atoms with Gasteiger partial charge in [-0.3, -0.25) is 0 Å². The average Bonchev–Trinajstić information content (AvgIpc) is 2.37. The molecule has 0 bridgehead atoms. The lowest BCUT2D eigenvalue weighted by Gasteiger charge is -2.18. The molecule has 0 saturated heterocycles. The molecule has 0 heterocycles. The van der Waals surface area contributed by atoms with Crippen LogP contribution in [-0.2, 0) is 0 Å². The number of aryl methyl sites for hydroxylation is 3. The molecule has 0 fully saturated rings. The van der Waals surface area contributed by atoms with Crippen LogP contribution >= 0.6 is 11.6 Å². The van der Waals surface area contributed by atoms with Gasteiger partial charge in [0.15, 0.2) is 0 Å². The SMILES string of the molecule is Cc1cc(Oc2c(C)cc(Cl)cc2C)c([C@H](C)N)cc1F. The van der Waals surface area contributed by atoms with Crippen LogP contribution in [0.2, 0.25) is 5.02 Å². The number of halogens is 2. The molecule has 0 spiro atoms. The summed E-state index contributed by atoms with van der Waals surface area (Å²) in [6.07, 6.45) is 0. The standard InChI is InChI=1S/C17H19ClFNO/c1-9-7-16(14(12(4)20)8-15(9)19)21-17-10(2)5-13(18)6-11(17)3/h5-8,12H,20H2,1-4H3/t12-/m0/s1. The lowest BCUT2D eigenvalue weighted by atomic mass is 10.0. The molecular formula is C17H19ClFNO. The molecule has 0 unspecified atom stereocenters. The lowest BCUT2D eigenvalue weighted by Crippen LogP contribution is -2.08. The van der Waals surface area contributed by atoms with Crippen molar-refractivity contribution in [2.75, 3.05) is 0 Å². The summed E-state index contributed by atoms with van der Waals surface area (Å²) >= 11 is 6.03. The fourth-order valence-corrected chi connectivity index (χ4v) is 2.61. The van der Waals surface area contributed by atoms with Crippen LogP contribution in [-0.4, -0.2) is 0 Å². The van der Waals surface area contributed by atoms with E-state index in [1.807, 2.05) is 26.0 Å². The summed E-state index contributed by atoms with van der Waals surface area (Å²) in [6.45, 7) is 7.36. The van der Waals surface area contributed by atoms with Crippen LogP contribution in [0, 0.1) is 26.6 Å². The normalized spacial score (nSPS) is 12.3. The Bertz CT molecular complexity index is 660. The highest BCUT2D eigenvalue weighted by molar-refractivity contribution is 6.30. The van der Waals surface area contributed by atoms with Crippen molar-refractivity contribution in [1.82, 2.24) is 0 Å². The predicted molar refractivity (Wildman–Crippen MR) is 84.7 cm³/mol. The van der Waals surface area contributed by atoms with Crippen LogP contribution in [0.25, 0.3) is 0 Å². The molecule has 2 rings (SSSR count). The summed E-state index contributed by atoms with van der Waals surface area (Å²) in [5, 5.41) is 0.667. The van der Waals surface area contributed by atoms with E-state index in [0.29, 0.717) is 21.9 Å². The molecule has 0 radical (unpaired) electrons. The smallest absolute Gasteiger partial charge is 0.133 e. The van der Waals surface area contributed by atoms with E-state index in [-0.39, 0.29) is 11.9 Å². The molecule has 0 saturated carbocycles. The highest BCUT2D eigenvalue weighted by Gasteiger charge is 2.15. The Labute approximate surface area is 129 Å². The van der Waals surface area contributed by atoms with Gasteiger partial charge in [-0.2, -0.15) is 0 Å². The van der Waals surface area contributed by atoms with Gasteiger partial charge in [0.05, 0.1) is 0 Å². The molecule has 1 atom stereocenters. The minimum absolute atomic E-state index is 0.279. The molecule has 0 aromatic heterocycles. The Morgan fingerprint density at radius 3 is 2.14 bits per heavy atom. The van der Waals surface area contributed by atoms with Crippen molar-refractivity contribution < 1.29 is 9.13 Å². The maximum atomic E-state index is 13.7. The second-order valence-corrected chi connectivity index (χ2v) is 5.84. The van der Waals surface area contributed by atoms with Gasteiger partial charge in [-0.1, -0.05) is 11.6 Å². The van der Waals surface area contributed by atoms with E-state index < -0.39 is 0 Å². The van der Waals surface area contributed by atoms with E-state index in [0.717, 1.165) is 16.9 Å². The molecule has 2 aromatic rings. The van der Waals surface area contributed by atoms with Crippen molar-refractivity contribution in [3.63, 3.8) is 0 Å². The maximum Gasteiger partial charge on any atom is 0.133 e. The van der Waals surface area contributed by atoms with Gasteiger partial charge in [-0.15, -0.1) is 0 Å². The zero-order chi connectivity index (χ0) is 15.7. The van der Waals surface area contributed by atoms with Crippen LogP contribution in [0.1, 0.15) is 35.2 Å². The number of ether oxygens (including phenoxy) is 1. The van der Waals surface area contributed by atoms with Gasteiger partial charge >= 0.3 is 0 Å². The maximum absolute atomic E-state index is 13.7. The number of nitrogens with two attached hydrogens (primary N) is 1. The molecule has 4 heteroatoms. The van der Waals surface area contributed by atoms with Crippen molar-refractivity contribution >= 4 is 11.6 Å². The number of benzene rings is 2. The van der Waals surface area contributed by atoms with Gasteiger partial charge in [0, 0.05) is 16.6 Å². The summed E-state index contributed by atoms with van der Waals surface area (Å²) in [6, 6.07) is 6.48. The van der Waals surface area contributed by atoms with Crippen LogP contribution in [0.3, 0.4) is 0 Å². The predicted octanol–water partition coefficient (Wildman–Crippen LogP) is 5.22. The van der Waals surface area contributed by atoms with Gasteiger partial charge in [0.2, 0.25) is 0 Å². The lowest BCUT2D eigenvalue weighted by molar-refractivity contribution is 0.461. The molecule has 21 heavy (non-hydrogen) atoms. The van der Waals surface area contributed by atoms with Crippen molar-refractivity contribution in [2.45, 2.75) is 33.7 Å². The summed E-state index contributed by atoms with van der Waals surface area (Å²) in [5.41, 5.74) is 8.95. The monoisotopic (exact) mass is 307 g/mol. The third-order valence-electron chi connectivity index (χ3n) is 3.42. The Morgan fingerprint density at radius 1 is 1.05 bits per heavy atom. The molecule has 2 N–H and O–H groups in total. The molecule has 2 aromatic carbocycles. The van der Waals surface area contributed by atoms with E-state index in [1.54, 1.807) is 19.9 Å². The van der Waals surface area contributed by atoms with Gasteiger partial charge in [0.25, 0.3) is 0 Å². The Hall–Kier alpha value is -1.58. The number of rotatable bonds is 3. The van der Waals surface area contributed by atoms with E-state index >= 15 is 0 Å². The van der Waals surface area contributed by atoms with E-state index in [1.165, 1.54) is 6.07 Å². The van der Waals surface area contributed by atoms with Crippen LogP contribution in [0.15, 0.2) is 24.3 Å². The zero-order valence-corrected chi connectivity index (χ0v) is 13.4. The molecule has 0 aliphatic rings. The van der Waals surface area contributed by atoms with Crippen LogP contribution < -0.4 is 10.5 Å². The second kappa shape index (κ2) is 6.04. The molecule has 112 valence electrons. The van der Waals surface area contributed by atoms with Crippen molar-refractivity contribution in [3.8, 4) is 11.5 Å². The second-order valence-electron chi connectivity index (χ2n) is 5.40. The Morgan fingerprint density at radius 2 is 1.62 bits per heavy atom. The van der Waals surface area contributed by atoms with Crippen LogP contribution in [0.5, 0.6) is 11.5 Å². The molecule has 0 amide bonds. The highest BCUT2D eigenvalue weighted by atomic mass is 35.5. The molecule has 0 aliphatic heterocycles. The van der Waals surface area contributed by atoms with Gasteiger partial charge in [-0.05, 0) is 68.7 Å². The third kappa shape index (κ3) is 3.36. The first-order valence-electron chi connectivity index (χ1n) is 6.79. The summed E-state index contributed by atoms with van der Waals surface area (Å²) < 4.78 is 19.8. The van der Waals surface area contributed by atoms with Crippen LogP contribution in [0.4, 0.5) is 4.39 Å². The first kappa shape index (κ1) is 15.8. The average molecular weight is 308 g/mol. The minimum atomic E-state index is -0.317. The first-order chi connectivity index (χ1) is 9.79. The summed E-state index contributed by atoms with van der Waals surface area (Å²) in [5.74, 6) is 1.03. The van der Waals surface area contributed by atoms with Crippen molar-refractivity contribution in [3.05, 3.63) is 57.4 Å². The fraction of sp³-hybridized carbons (Fsp3) is 0.294. The van der Waals surface area contributed by atoms with Crippen molar-refractivity contribution in [2.24, 2.45) is 5.73 Å². The van der Waals surface area contributed by atoms with E-state index in [9.17, 15) is 4.39 Å². The number of hydrogen-bond acceptors (Lipinski definition) is 2. The Balaban J connectivity index is 2.51. The molecule has 0 aliphatic carbocycles. The third-order valence-corrected chi connectivity index (χ3v) is 3.64. The number of hydrogen-bond donors (Lipinski definition) is 1. The van der Waals surface area contributed by atoms with Gasteiger partial charge in [-0.25, -0.2) is 4.39 Å². The molecular weight excluding hydrogens is 289 g/mol. The summed E-state index contributed by atoms with van der Waals surface area (Å²) in [7, 11) is 0. The van der Waals surface area contributed by atoms with E-state index in [4.69, 9.17) is 22.1 Å². The minimum Gasteiger partial charge on any atom is -0.456 e. The molecule has 2 nitrogen and oxygen atoms in total. The van der Waals surface area contributed by atoms with Gasteiger partial charge < -0.3 is 10.5 Å². The fourth-order valence-electron chi connectivity index (χ4n) is 2.28. The quantitative estimate of drug-likeness (QED) is 0.844. The zero-order valence-electron chi connectivity index (χ0n) is 12.6. The largest absolute Gasteiger partial charge is 0.456 e. The van der Waals surface area contributed by atoms with Gasteiger partial charge in [0.1, 0.15) is 17.3 Å². The first-order valence-corrected chi connectivity index (χ1v) is 7.17. The van der Waals surface area contributed by atoms with E-state index in [2.05, 4.69) is 0 Å². The summed E-state index contributed by atoms with van der Waals surface area (Å²) in [4.78, 5) is 0.